The quantitative estimate of drug-likeness (QED) is 0.507. The van der Waals surface area contributed by atoms with E-state index < -0.39 is 33.3 Å². The maximum atomic E-state index is 6.63. The lowest BCUT2D eigenvalue weighted by Gasteiger charge is -2.48. The number of hydrogen-bond acceptors (Lipinski definition) is 5. The number of ether oxygens (including phenoxy) is 1. The molecule has 0 unspecified atom stereocenters. The van der Waals surface area contributed by atoms with Crippen molar-refractivity contribution in [3.05, 3.63) is 0 Å². The largest absolute Gasteiger partial charge is 0.410 e. The van der Waals surface area contributed by atoms with Crippen molar-refractivity contribution in [3.63, 3.8) is 0 Å². The Hall–Kier alpha value is 0.668. The van der Waals surface area contributed by atoms with Crippen LogP contribution in [0.15, 0.2) is 0 Å². The molecule has 1 heterocycles. The van der Waals surface area contributed by atoms with E-state index >= 15 is 0 Å². The summed E-state index contributed by atoms with van der Waals surface area (Å²) in [5.74, 6) is 0. The van der Waals surface area contributed by atoms with Gasteiger partial charge < -0.3 is 22.4 Å². The first-order valence-corrected chi connectivity index (χ1v) is 23.3. The predicted octanol–water partition coefficient (Wildman–Crippen LogP) is 4.85. The summed E-state index contributed by atoms with van der Waals surface area (Å²) in [6, 6.07) is 0. The standard InChI is InChI=1S/C17H42O5Si4/c1-23(2,3)19-14-13-18-17(22-26(10,11)12)16(21-25(7,8)9)15(14)20-24(4,5)6/h14-17H,13H2,1-12H3/t14-,15-,16+,17-/m0/s1. The maximum absolute atomic E-state index is 6.63. The minimum absolute atomic E-state index is 0.101. The molecule has 1 fully saturated rings. The fraction of sp³-hybridized carbons (Fsp3) is 1.00. The van der Waals surface area contributed by atoms with Crippen LogP contribution in [0.4, 0.5) is 0 Å². The van der Waals surface area contributed by atoms with Gasteiger partial charge in [0, 0.05) is 0 Å². The van der Waals surface area contributed by atoms with Crippen LogP contribution in [0.1, 0.15) is 0 Å². The van der Waals surface area contributed by atoms with Crippen LogP contribution in [0.2, 0.25) is 78.6 Å². The molecular weight excluding hydrogens is 397 g/mol. The van der Waals surface area contributed by atoms with E-state index in [9.17, 15) is 0 Å². The van der Waals surface area contributed by atoms with Gasteiger partial charge in [-0.2, -0.15) is 0 Å². The molecule has 0 aromatic rings. The van der Waals surface area contributed by atoms with Crippen LogP contribution in [-0.4, -0.2) is 64.5 Å². The van der Waals surface area contributed by atoms with Crippen molar-refractivity contribution in [2.45, 2.75) is 103 Å². The molecule has 0 spiro atoms. The molecule has 9 heteroatoms. The first-order chi connectivity index (χ1) is 11.4. The highest BCUT2D eigenvalue weighted by Crippen LogP contribution is 2.31. The Morgan fingerprint density at radius 2 is 0.923 bits per heavy atom. The minimum atomic E-state index is -1.82. The van der Waals surface area contributed by atoms with Gasteiger partial charge in [0.2, 0.25) is 0 Å². The van der Waals surface area contributed by atoms with Crippen molar-refractivity contribution < 1.29 is 22.4 Å². The second-order valence-corrected chi connectivity index (χ2v) is 28.9. The Labute approximate surface area is 165 Å². The van der Waals surface area contributed by atoms with E-state index in [2.05, 4.69) is 78.6 Å². The van der Waals surface area contributed by atoms with Gasteiger partial charge in [-0.25, -0.2) is 0 Å². The van der Waals surface area contributed by atoms with Crippen LogP contribution >= 0.6 is 0 Å². The summed E-state index contributed by atoms with van der Waals surface area (Å²) in [7, 11) is -7.14. The van der Waals surface area contributed by atoms with E-state index in [1.807, 2.05) is 0 Å². The smallest absolute Gasteiger partial charge is 0.187 e. The third kappa shape index (κ3) is 9.74. The fourth-order valence-corrected chi connectivity index (χ4v) is 7.01. The molecule has 0 saturated carbocycles. The molecule has 26 heavy (non-hydrogen) atoms. The first-order valence-electron chi connectivity index (χ1n) is 9.69. The van der Waals surface area contributed by atoms with E-state index in [1.54, 1.807) is 0 Å². The Morgan fingerprint density at radius 3 is 1.31 bits per heavy atom. The SMILES string of the molecule is C[Si](C)(C)O[C@@H]1OC[C@H](O[Si](C)(C)C)[C@H](O[Si](C)(C)C)[C@H]1O[Si](C)(C)C. The number of rotatable bonds is 8. The van der Waals surface area contributed by atoms with Crippen molar-refractivity contribution in [1.29, 1.82) is 0 Å². The highest BCUT2D eigenvalue weighted by molar-refractivity contribution is 6.71. The molecule has 4 atom stereocenters. The summed E-state index contributed by atoms with van der Waals surface area (Å²) < 4.78 is 32.2. The first kappa shape index (κ1) is 24.7. The van der Waals surface area contributed by atoms with Crippen LogP contribution in [0.5, 0.6) is 0 Å². The van der Waals surface area contributed by atoms with Gasteiger partial charge in [-0.15, -0.1) is 0 Å². The van der Waals surface area contributed by atoms with E-state index in [0.29, 0.717) is 6.61 Å². The van der Waals surface area contributed by atoms with Crippen molar-refractivity contribution in [1.82, 2.24) is 0 Å². The summed E-state index contributed by atoms with van der Waals surface area (Å²) in [4.78, 5) is 0. The zero-order chi connectivity index (χ0) is 20.6. The molecule has 0 aromatic heterocycles. The lowest BCUT2D eigenvalue weighted by atomic mass is 10.1. The zero-order valence-corrected chi connectivity index (χ0v) is 23.1. The second kappa shape index (κ2) is 8.58. The van der Waals surface area contributed by atoms with Gasteiger partial charge in [-0.1, -0.05) is 0 Å². The van der Waals surface area contributed by atoms with Crippen LogP contribution in [-0.2, 0) is 22.4 Å². The van der Waals surface area contributed by atoms with Gasteiger partial charge in [-0.05, 0) is 78.6 Å². The minimum Gasteiger partial charge on any atom is -0.410 e. The Bertz CT molecular complexity index is 406. The lowest BCUT2D eigenvalue weighted by molar-refractivity contribution is -0.232. The average molecular weight is 439 g/mol. The van der Waals surface area contributed by atoms with Crippen molar-refractivity contribution >= 4 is 33.3 Å². The molecule has 1 saturated heterocycles. The molecule has 0 aliphatic carbocycles. The third-order valence-electron chi connectivity index (χ3n) is 3.34. The lowest BCUT2D eigenvalue weighted by Crippen LogP contribution is -2.63. The molecule has 0 radical (unpaired) electrons. The predicted molar refractivity (Wildman–Crippen MR) is 119 cm³/mol. The molecule has 1 aliphatic rings. The molecule has 0 amide bonds. The maximum Gasteiger partial charge on any atom is 0.187 e. The van der Waals surface area contributed by atoms with Crippen molar-refractivity contribution in [3.8, 4) is 0 Å². The Kier molecular flexibility index (Phi) is 8.15. The molecule has 0 aromatic carbocycles. The van der Waals surface area contributed by atoms with Gasteiger partial charge in [-0.3, -0.25) is 0 Å². The van der Waals surface area contributed by atoms with Gasteiger partial charge in [0.1, 0.15) is 12.2 Å². The van der Waals surface area contributed by atoms with Crippen molar-refractivity contribution in [2.75, 3.05) is 6.61 Å². The van der Waals surface area contributed by atoms with Gasteiger partial charge >= 0.3 is 0 Å². The highest BCUT2D eigenvalue weighted by atomic mass is 28.4. The fourth-order valence-electron chi connectivity index (χ4n) is 2.83. The summed E-state index contributed by atoms with van der Waals surface area (Å²) >= 11 is 0. The molecular formula is C17H42O5Si4. The monoisotopic (exact) mass is 438 g/mol. The Balaban J connectivity index is 3.20. The molecule has 5 nitrogen and oxygen atoms in total. The third-order valence-corrected chi connectivity index (χ3v) is 7.24. The van der Waals surface area contributed by atoms with Crippen molar-refractivity contribution in [2.24, 2.45) is 0 Å². The van der Waals surface area contributed by atoms with E-state index in [-0.39, 0.29) is 24.6 Å². The molecule has 1 aliphatic heterocycles. The summed E-state index contributed by atoms with van der Waals surface area (Å²) in [5, 5.41) is 0. The zero-order valence-electron chi connectivity index (χ0n) is 19.1. The average Bonchev–Trinajstić information content (AvgIpc) is 2.30. The molecule has 0 bridgehead atoms. The van der Waals surface area contributed by atoms with E-state index in [4.69, 9.17) is 22.4 Å². The second-order valence-electron chi connectivity index (χ2n) is 11.1. The Morgan fingerprint density at radius 1 is 0.538 bits per heavy atom. The van der Waals surface area contributed by atoms with Gasteiger partial charge in [0.15, 0.2) is 39.6 Å². The summed E-state index contributed by atoms with van der Waals surface area (Å²) in [6.07, 6.45) is -0.863. The van der Waals surface area contributed by atoms with Crippen LogP contribution in [0.25, 0.3) is 0 Å². The van der Waals surface area contributed by atoms with Crippen LogP contribution in [0, 0.1) is 0 Å². The number of hydrogen-bond donors (Lipinski definition) is 0. The summed E-state index contributed by atoms with van der Waals surface area (Å²) in [5.41, 5.74) is 0. The molecule has 156 valence electrons. The molecule has 0 N–H and O–H groups in total. The van der Waals surface area contributed by atoms with E-state index in [0.717, 1.165) is 0 Å². The highest BCUT2D eigenvalue weighted by Gasteiger charge is 2.48. The molecule has 1 rings (SSSR count). The van der Waals surface area contributed by atoms with Gasteiger partial charge in [0.05, 0.1) is 12.7 Å². The van der Waals surface area contributed by atoms with E-state index in [1.165, 1.54) is 0 Å². The normalized spacial score (nSPS) is 29.1. The van der Waals surface area contributed by atoms with Crippen LogP contribution in [0.3, 0.4) is 0 Å². The summed E-state index contributed by atoms with van der Waals surface area (Å²) in [6.45, 7) is 26.9. The topological polar surface area (TPSA) is 46.2 Å². The van der Waals surface area contributed by atoms with Gasteiger partial charge in [0.25, 0.3) is 0 Å². The van der Waals surface area contributed by atoms with Crippen LogP contribution < -0.4 is 0 Å².